The van der Waals surface area contributed by atoms with Crippen LogP contribution in [0.1, 0.15) is 57.6 Å². The van der Waals surface area contributed by atoms with Crippen molar-refractivity contribution in [2.45, 2.75) is 69.9 Å². The van der Waals surface area contributed by atoms with Crippen LogP contribution in [0.3, 0.4) is 0 Å². The van der Waals surface area contributed by atoms with Crippen LogP contribution in [0.25, 0.3) is 22.0 Å². The lowest BCUT2D eigenvalue weighted by Gasteiger charge is -2.34. The lowest BCUT2D eigenvalue weighted by molar-refractivity contribution is -0.121. The molecule has 2 aliphatic carbocycles. The van der Waals surface area contributed by atoms with E-state index in [9.17, 15) is 18.4 Å². The molecular formula is C28H31ClF3N5O3. The molecule has 0 radical (unpaired) electrons. The van der Waals surface area contributed by atoms with Gasteiger partial charge in [0.2, 0.25) is 5.91 Å². The molecule has 214 valence electrons. The van der Waals surface area contributed by atoms with Gasteiger partial charge in [-0.15, -0.1) is 0 Å². The average molecular weight is 578 g/mol. The number of nitrogens with one attached hydrogen (secondary N) is 1. The van der Waals surface area contributed by atoms with Crippen molar-refractivity contribution in [1.29, 1.82) is 0 Å². The Kier molecular flexibility index (Phi) is 7.45. The van der Waals surface area contributed by atoms with E-state index >= 15 is 4.39 Å². The number of hydrogen-bond donors (Lipinski definition) is 1. The number of ether oxygens (including phenoxy) is 1. The fourth-order valence-corrected chi connectivity index (χ4v) is 5.71. The van der Waals surface area contributed by atoms with Crippen LogP contribution in [-0.4, -0.2) is 56.8 Å². The molecule has 5 rings (SSSR count). The molecule has 12 heteroatoms. The van der Waals surface area contributed by atoms with Crippen LogP contribution >= 0.6 is 11.6 Å². The van der Waals surface area contributed by atoms with Gasteiger partial charge in [0.1, 0.15) is 11.3 Å². The fourth-order valence-electron chi connectivity index (χ4n) is 5.49. The predicted molar refractivity (Wildman–Crippen MR) is 145 cm³/mol. The highest BCUT2D eigenvalue weighted by Crippen LogP contribution is 2.44. The first-order valence-corrected chi connectivity index (χ1v) is 13.7. The second-order valence-corrected chi connectivity index (χ2v) is 11.4. The second kappa shape index (κ2) is 10.6. The highest BCUT2D eigenvalue weighted by atomic mass is 35.5. The summed E-state index contributed by atoms with van der Waals surface area (Å²) < 4.78 is 47.9. The third-order valence-electron chi connectivity index (χ3n) is 7.77. The zero-order valence-electron chi connectivity index (χ0n) is 22.7. The van der Waals surface area contributed by atoms with Gasteiger partial charge in [0.25, 0.3) is 5.92 Å². The average Bonchev–Trinajstić information content (AvgIpc) is 3.34. The Labute approximate surface area is 234 Å². The first-order valence-electron chi connectivity index (χ1n) is 13.3. The SMILES string of the molecule is CC(C)c1c2cc(-c3cc(NC(=O)[C@H]4CCC[C@@H](N(C)C(=O)OC5CC5(F)F)C4)ncc3Cl)cc(F)c2nn1C. The Morgan fingerprint density at radius 3 is 2.65 bits per heavy atom. The first-order chi connectivity index (χ1) is 18.9. The predicted octanol–water partition coefficient (Wildman–Crippen LogP) is 6.52. The summed E-state index contributed by atoms with van der Waals surface area (Å²) in [6.45, 7) is 4.02. The molecule has 0 spiro atoms. The largest absolute Gasteiger partial charge is 0.439 e. The van der Waals surface area contributed by atoms with Crippen molar-refractivity contribution in [3.63, 3.8) is 0 Å². The molecular weight excluding hydrogens is 547 g/mol. The molecule has 8 nitrogen and oxygen atoms in total. The number of hydrogen-bond acceptors (Lipinski definition) is 5. The number of fused-ring (bicyclic) bond motifs is 1. The van der Waals surface area contributed by atoms with Crippen molar-refractivity contribution in [2.24, 2.45) is 13.0 Å². The molecule has 2 aliphatic rings. The van der Waals surface area contributed by atoms with Gasteiger partial charge in [0, 0.05) is 48.9 Å². The molecule has 40 heavy (non-hydrogen) atoms. The van der Waals surface area contributed by atoms with E-state index in [4.69, 9.17) is 16.3 Å². The zero-order chi connectivity index (χ0) is 28.9. The van der Waals surface area contributed by atoms with Gasteiger partial charge in [0.15, 0.2) is 11.9 Å². The molecule has 2 aromatic heterocycles. The zero-order valence-corrected chi connectivity index (χ0v) is 23.4. The number of halogens is 4. The van der Waals surface area contributed by atoms with Crippen LogP contribution < -0.4 is 5.32 Å². The van der Waals surface area contributed by atoms with Crippen LogP contribution in [0.15, 0.2) is 24.4 Å². The molecule has 1 N–H and O–H groups in total. The molecule has 1 aromatic carbocycles. The summed E-state index contributed by atoms with van der Waals surface area (Å²) in [5, 5.41) is 8.13. The molecule has 0 saturated heterocycles. The number of aryl methyl sites for hydroxylation is 1. The maximum atomic E-state index is 15.1. The molecule has 2 heterocycles. The van der Waals surface area contributed by atoms with Crippen LogP contribution in [0.2, 0.25) is 5.02 Å². The molecule has 2 amide bonds. The lowest BCUT2D eigenvalue weighted by Crippen LogP contribution is -2.43. The summed E-state index contributed by atoms with van der Waals surface area (Å²) in [6.07, 6.45) is 1.05. The maximum Gasteiger partial charge on any atom is 0.410 e. The number of amides is 2. The number of alkyl halides is 2. The Morgan fingerprint density at radius 2 is 1.98 bits per heavy atom. The van der Waals surface area contributed by atoms with Crippen LogP contribution in [0, 0.1) is 11.7 Å². The van der Waals surface area contributed by atoms with Crippen molar-refractivity contribution in [3.05, 3.63) is 40.9 Å². The molecule has 1 unspecified atom stereocenters. The van der Waals surface area contributed by atoms with E-state index in [1.54, 1.807) is 17.8 Å². The van der Waals surface area contributed by atoms with E-state index in [0.29, 0.717) is 47.2 Å². The van der Waals surface area contributed by atoms with Crippen molar-refractivity contribution >= 4 is 40.3 Å². The van der Waals surface area contributed by atoms with Crippen molar-refractivity contribution in [1.82, 2.24) is 19.7 Å². The van der Waals surface area contributed by atoms with Gasteiger partial charge in [-0.25, -0.2) is 22.9 Å². The number of nitrogens with zero attached hydrogens (tertiary/aromatic N) is 4. The molecule has 3 aromatic rings. The van der Waals surface area contributed by atoms with E-state index in [2.05, 4.69) is 15.4 Å². The number of anilines is 1. The monoisotopic (exact) mass is 577 g/mol. The number of carbonyl (C=O) groups is 2. The van der Waals surface area contributed by atoms with Crippen molar-refractivity contribution in [3.8, 4) is 11.1 Å². The number of pyridine rings is 1. The summed E-state index contributed by atoms with van der Waals surface area (Å²) in [5.74, 6) is -3.77. The van der Waals surface area contributed by atoms with Gasteiger partial charge in [-0.1, -0.05) is 31.9 Å². The number of rotatable bonds is 6. The molecule has 2 fully saturated rings. The van der Waals surface area contributed by atoms with Crippen LogP contribution in [-0.2, 0) is 16.6 Å². The van der Waals surface area contributed by atoms with Crippen molar-refractivity contribution < 1.29 is 27.5 Å². The van der Waals surface area contributed by atoms with Crippen LogP contribution in [0.4, 0.5) is 23.8 Å². The normalized spacial score (nSPS) is 21.9. The standard InChI is InChI=1S/C28H31ClF3N5O3/c1-14(2)25-19-9-16(10-21(30)24(19)35-37(25)4)18-11-23(33-13-20(18)29)34-26(38)15-6-5-7-17(8-15)36(3)27(39)40-22-12-28(22,31)32/h9-11,13-15,17,22H,5-8,12H2,1-4H3,(H,33,34,38)/t15-,17+,22?/m0/s1. The van der Waals surface area contributed by atoms with E-state index < -0.39 is 36.3 Å². The third kappa shape index (κ3) is 5.48. The molecule has 0 bridgehead atoms. The van der Waals surface area contributed by atoms with Gasteiger partial charge in [-0.3, -0.25) is 9.48 Å². The van der Waals surface area contributed by atoms with E-state index in [1.165, 1.54) is 24.2 Å². The summed E-state index contributed by atoms with van der Waals surface area (Å²) in [7, 11) is 3.29. The smallest absolute Gasteiger partial charge is 0.410 e. The van der Waals surface area contributed by atoms with Gasteiger partial charge < -0.3 is 15.0 Å². The summed E-state index contributed by atoms with van der Waals surface area (Å²) in [5.41, 5.74) is 2.20. The fraction of sp³-hybridized carbons (Fsp3) is 0.500. The topological polar surface area (TPSA) is 89.3 Å². The Morgan fingerprint density at radius 1 is 1.25 bits per heavy atom. The maximum absolute atomic E-state index is 15.1. The van der Waals surface area contributed by atoms with Gasteiger partial charge in [0.05, 0.1) is 11.4 Å². The van der Waals surface area contributed by atoms with E-state index in [1.807, 2.05) is 19.9 Å². The highest BCUT2D eigenvalue weighted by Gasteiger charge is 2.60. The molecule has 0 aliphatic heterocycles. The Bertz CT molecular complexity index is 1480. The molecule has 3 atom stereocenters. The van der Waals surface area contributed by atoms with Crippen LogP contribution in [0.5, 0.6) is 0 Å². The van der Waals surface area contributed by atoms with E-state index in [-0.39, 0.29) is 29.2 Å². The van der Waals surface area contributed by atoms with Gasteiger partial charge in [-0.05, 0) is 48.9 Å². The Hall–Kier alpha value is -3.34. The van der Waals surface area contributed by atoms with Gasteiger partial charge >= 0.3 is 6.09 Å². The summed E-state index contributed by atoms with van der Waals surface area (Å²) in [4.78, 5) is 31.1. The number of carbonyl (C=O) groups excluding carboxylic acids is 2. The number of aromatic nitrogens is 3. The summed E-state index contributed by atoms with van der Waals surface area (Å²) in [6, 6.07) is 4.49. The first kappa shape index (κ1) is 28.2. The van der Waals surface area contributed by atoms with E-state index in [0.717, 1.165) is 5.69 Å². The minimum absolute atomic E-state index is 0.113. The number of benzene rings is 1. The second-order valence-electron chi connectivity index (χ2n) is 11.0. The molecule has 2 saturated carbocycles. The highest BCUT2D eigenvalue weighted by molar-refractivity contribution is 6.33. The quantitative estimate of drug-likeness (QED) is 0.360. The van der Waals surface area contributed by atoms with Gasteiger partial charge in [-0.2, -0.15) is 5.10 Å². The third-order valence-corrected chi connectivity index (χ3v) is 8.07. The Balaban J connectivity index is 1.31. The summed E-state index contributed by atoms with van der Waals surface area (Å²) >= 11 is 6.45. The minimum atomic E-state index is -2.96. The minimum Gasteiger partial charge on any atom is -0.439 e. The van der Waals surface area contributed by atoms with Crippen molar-refractivity contribution in [2.75, 3.05) is 12.4 Å². The lowest BCUT2D eigenvalue weighted by atomic mass is 9.84.